The second-order valence-corrected chi connectivity index (χ2v) is 5.03. The van der Waals surface area contributed by atoms with Crippen molar-refractivity contribution >= 4 is 33.2 Å². The van der Waals surface area contributed by atoms with Crippen molar-refractivity contribution in [3.8, 4) is 0 Å². The molecule has 4 nitrogen and oxygen atoms in total. The summed E-state index contributed by atoms with van der Waals surface area (Å²) in [6.07, 6.45) is -3.24. The zero-order valence-corrected chi connectivity index (χ0v) is 12.0. The van der Waals surface area contributed by atoms with Crippen molar-refractivity contribution in [2.24, 2.45) is 0 Å². The van der Waals surface area contributed by atoms with Gasteiger partial charge in [-0.3, -0.25) is 4.79 Å². The minimum atomic E-state index is -4.62. The smallest absolute Gasteiger partial charge is 0.399 e. The van der Waals surface area contributed by atoms with Crippen molar-refractivity contribution in [2.45, 2.75) is 6.18 Å². The number of alkyl halides is 3. The van der Waals surface area contributed by atoms with Crippen LogP contribution in [0.15, 0.2) is 41.0 Å². The van der Waals surface area contributed by atoms with E-state index in [1.807, 2.05) is 0 Å². The van der Waals surface area contributed by atoms with Crippen LogP contribution in [0.3, 0.4) is 0 Å². The third kappa shape index (κ3) is 3.72. The number of carbonyl (C=O) groups is 1. The Morgan fingerprint density at radius 2 is 1.95 bits per heavy atom. The number of benzene rings is 1. The Labute approximate surface area is 126 Å². The summed E-state index contributed by atoms with van der Waals surface area (Å²) in [5.74, 6) is -0.738. The maximum absolute atomic E-state index is 12.9. The van der Waals surface area contributed by atoms with Gasteiger partial charge >= 0.3 is 6.18 Å². The first-order valence-corrected chi connectivity index (χ1v) is 6.46. The second kappa shape index (κ2) is 5.72. The number of nitrogens with two attached hydrogens (primary N) is 1. The lowest BCUT2D eigenvalue weighted by atomic mass is 10.1. The molecule has 0 aliphatic heterocycles. The van der Waals surface area contributed by atoms with Crippen molar-refractivity contribution in [3.63, 3.8) is 0 Å². The summed E-state index contributed by atoms with van der Waals surface area (Å²) in [5.41, 5.74) is 3.94. The largest absolute Gasteiger partial charge is 0.418 e. The molecule has 21 heavy (non-hydrogen) atoms. The summed E-state index contributed by atoms with van der Waals surface area (Å²) in [6.45, 7) is 0. The average Bonchev–Trinajstić information content (AvgIpc) is 2.40. The van der Waals surface area contributed by atoms with E-state index in [0.29, 0.717) is 4.47 Å². The first-order valence-electron chi connectivity index (χ1n) is 5.67. The lowest BCUT2D eigenvalue weighted by Gasteiger charge is -2.14. The van der Waals surface area contributed by atoms with Gasteiger partial charge in [-0.05, 0) is 46.3 Å². The molecular formula is C13H9BrF3N3O. The number of aromatic nitrogens is 1. The number of anilines is 2. The quantitative estimate of drug-likeness (QED) is 0.803. The van der Waals surface area contributed by atoms with Crippen molar-refractivity contribution in [1.82, 2.24) is 4.98 Å². The van der Waals surface area contributed by atoms with E-state index in [9.17, 15) is 18.0 Å². The fourth-order valence-electron chi connectivity index (χ4n) is 1.60. The number of pyridine rings is 1. The molecule has 1 aromatic heterocycles. The first kappa shape index (κ1) is 15.3. The van der Waals surface area contributed by atoms with Gasteiger partial charge in [-0.2, -0.15) is 13.2 Å². The van der Waals surface area contributed by atoms with Crippen molar-refractivity contribution in [2.75, 3.05) is 11.1 Å². The number of nitrogen functional groups attached to an aromatic ring is 1. The van der Waals surface area contributed by atoms with Gasteiger partial charge in [0.15, 0.2) is 0 Å². The normalized spacial score (nSPS) is 11.2. The Hall–Kier alpha value is -2.09. The summed E-state index contributed by atoms with van der Waals surface area (Å²) in [4.78, 5) is 15.7. The summed E-state index contributed by atoms with van der Waals surface area (Å²) in [7, 11) is 0. The van der Waals surface area contributed by atoms with Crippen LogP contribution in [0, 0.1) is 0 Å². The SMILES string of the molecule is Nc1ccc(NC(=O)c2ccc(Br)cn2)c(C(F)(F)F)c1. The molecule has 3 N–H and O–H groups in total. The number of nitrogens with one attached hydrogen (secondary N) is 1. The number of hydrogen-bond donors (Lipinski definition) is 2. The van der Waals surface area contributed by atoms with Gasteiger partial charge in [0.1, 0.15) is 5.69 Å². The molecule has 0 aliphatic carbocycles. The van der Waals surface area contributed by atoms with Crippen LogP contribution in [0.1, 0.15) is 16.1 Å². The van der Waals surface area contributed by atoms with Gasteiger partial charge in [0, 0.05) is 16.4 Å². The Balaban J connectivity index is 2.31. The van der Waals surface area contributed by atoms with Gasteiger partial charge in [-0.25, -0.2) is 4.98 Å². The number of halogens is 4. The highest BCUT2D eigenvalue weighted by atomic mass is 79.9. The van der Waals surface area contributed by atoms with E-state index in [2.05, 4.69) is 26.2 Å². The van der Waals surface area contributed by atoms with Crippen LogP contribution in [0.4, 0.5) is 24.5 Å². The Morgan fingerprint density at radius 1 is 1.24 bits per heavy atom. The number of rotatable bonds is 2. The molecule has 1 heterocycles. The number of hydrogen-bond acceptors (Lipinski definition) is 3. The standard InChI is InChI=1S/C13H9BrF3N3O/c14-7-1-3-11(19-6-7)12(21)20-10-4-2-8(18)5-9(10)13(15,16)17/h1-6H,18H2,(H,20,21). The molecule has 2 rings (SSSR count). The zero-order valence-electron chi connectivity index (χ0n) is 10.4. The van der Waals surface area contributed by atoms with Gasteiger partial charge in [0.25, 0.3) is 5.91 Å². The fourth-order valence-corrected chi connectivity index (χ4v) is 1.84. The Kier molecular flexibility index (Phi) is 4.17. The summed E-state index contributed by atoms with van der Waals surface area (Å²) in [6, 6.07) is 6.11. The predicted molar refractivity (Wildman–Crippen MR) is 75.7 cm³/mol. The molecule has 0 saturated heterocycles. The van der Waals surface area contributed by atoms with Gasteiger partial charge in [-0.1, -0.05) is 0 Å². The molecule has 0 bridgehead atoms. The van der Waals surface area contributed by atoms with E-state index in [4.69, 9.17) is 5.73 Å². The minimum absolute atomic E-state index is 0.00292. The maximum Gasteiger partial charge on any atom is 0.418 e. The highest BCUT2D eigenvalue weighted by molar-refractivity contribution is 9.10. The van der Waals surface area contributed by atoms with E-state index in [1.54, 1.807) is 6.07 Å². The fraction of sp³-hybridized carbons (Fsp3) is 0.0769. The lowest BCUT2D eigenvalue weighted by molar-refractivity contribution is -0.136. The number of amides is 1. The molecule has 0 saturated carbocycles. The summed E-state index contributed by atoms with van der Waals surface area (Å²) in [5, 5.41) is 2.19. The topological polar surface area (TPSA) is 68.0 Å². The van der Waals surface area contributed by atoms with Gasteiger partial charge in [0.05, 0.1) is 11.3 Å². The third-order valence-corrected chi connectivity index (χ3v) is 3.03. The van der Waals surface area contributed by atoms with Crippen LogP contribution in [-0.2, 0) is 6.18 Å². The molecule has 2 aromatic rings. The maximum atomic E-state index is 12.9. The Bertz CT molecular complexity index is 671. The minimum Gasteiger partial charge on any atom is -0.399 e. The number of carbonyl (C=O) groups excluding carboxylic acids is 1. The average molecular weight is 360 g/mol. The van der Waals surface area contributed by atoms with Gasteiger partial charge in [0.2, 0.25) is 0 Å². The predicted octanol–water partition coefficient (Wildman–Crippen LogP) is 3.70. The van der Waals surface area contributed by atoms with Crippen LogP contribution >= 0.6 is 15.9 Å². The van der Waals surface area contributed by atoms with Gasteiger partial charge < -0.3 is 11.1 Å². The molecule has 0 spiro atoms. The first-order chi connectivity index (χ1) is 9.77. The monoisotopic (exact) mass is 359 g/mol. The molecule has 8 heteroatoms. The summed E-state index contributed by atoms with van der Waals surface area (Å²) < 4.78 is 39.4. The third-order valence-electron chi connectivity index (χ3n) is 2.56. The van der Waals surface area contributed by atoms with Crippen molar-refractivity contribution in [1.29, 1.82) is 0 Å². The summed E-state index contributed by atoms with van der Waals surface area (Å²) >= 11 is 3.15. The van der Waals surface area contributed by atoms with Gasteiger partial charge in [-0.15, -0.1) is 0 Å². The van der Waals surface area contributed by atoms with E-state index >= 15 is 0 Å². The van der Waals surface area contributed by atoms with Crippen LogP contribution in [-0.4, -0.2) is 10.9 Å². The van der Waals surface area contributed by atoms with Crippen LogP contribution in [0.2, 0.25) is 0 Å². The highest BCUT2D eigenvalue weighted by Gasteiger charge is 2.34. The molecule has 110 valence electrons. The second-order valence-electron chi connectivity index (χ2n) is 4.12. The van der Waals surface area contributed by atoms with E-state index < -0.39 is 17.6 Å². The van der Waals surface area contributed by atoms with Crippen molar-refractivity contribution in [3.05, 3.63) is 52.3 Å². The van der Waals surface area contributed by atoms with Crippen LogP contribution in [0.5, 0.6) is 0 Å². The van der Waals surface area contributed by atoms with E-state index in [0.717, 1.165) is 12.1 Å². The van der Waals surface area contributed by atoms with E-state index in [-0.39, 0.29) is 17.1 Å². The molecule has 1 aromatic carbocycles. The molecule has 0 unspecified atom stereocenters. The number of nitrogens with zero attached hydrogens (tertiary/aromatic N) is 1. The molecule has 0 atom stereocenters. The van der Waals surface area contributed by atoms with Crippen LogP contribution in [0.25, 0.3) is 0 Å². The molecular weight excluding hydrogens is 351 g/mol. The molecule has 1 amide bonds. The molecule has 0 fully saturated rings. The lowest BCUT2D eigenvalue weighted by Crippen LogP contribution is -2.17. The Morgan fingerprint density at radius 3 is 2.52 bits per heavy atom. The van der Waals surface area contributed by atoms with E-state index in [1.165, 1.54) is 18.3 Å². The zero-order chi connectivity index (χ0) is 15.6. The highest BCUT2D eigenvalue weighted by Crippen LogP contribution is 2.36. The molecule has 0 radical (unpaired) electrons. The van der Waals surface area contributed by atoms with Crippen LogP contribution < -0.4 is 11.1 Å². The van der Waals surface area contributed by atoms with Crippen molar-refractivity contribution < 1.29 is 18.0 Å². The molecule has 0 aliphatic rings.